The fraction of sp³-hybridized carbons (Fsp3) is 0.0645. The molecule has 3 aromatic carbocycles. The Balaban J connectivity index is 1.36. The molecule has 5 aromatic rings. The second-order valence-corrected chi connectivity index (χ2v) is 12.5. The molecule has 270 valence electrons. The monoisotopic (exact) mass is 789 g/mol. The molecule has 0 aliphatic carbocycles. The Kier molecular flexibility index (Phi) is 8.93. The number of imidazole rings is 2. The van der Waals surface area contributed by atoms with Gasteiger partial charge in [-0.25, -0.2) is 23.7 Å². The van der Waals surface area contributed by atoms with Gasteiger partial charge in [0.25, 0.3) is 29.4 Å². The molecule has 7 rings (SSSR count). The summed E-state index contributed by atoms with van der Waals surface area (Å²) in [5.74, 6) is -4.85. The summed E-state index contributed by atoms with van der Waals surface area (Å²) in [5.41, 5.74) is -3.33. The Labute approximate surface area is 315 Å². The molecule has 0 saturated carbocycles. The number of amides is 4. The Morgan fingerprint density at radius 1 is 0.796 bits per heavy atom. The number of hydrogen-bond donors (Lipinski definition) is 4. The van der Waals surface area contributed by atoms with Crippen molar-refractivity contribution < 1.29 is 29.5 Å². The van der Waals surface area contributed by atoms with Crippen LogP contribution in [0, 0.1) is 10.1 Å². The Morgan fingerprint density at radius 3 is 1.93 bits per heavy atom. The molecule has 20 nitrogen and oxygen atoms in total. The zero-order chi connectivity index (χ0) is 38.5. The highest BCUT2D eigenvalue weighted by molar-refractivity contribution is 6.36. The number of ketones is 1. The number of azo groups is 2. The molecular formula is C31H18Cl3N13O7. The normalized spacial score (nSPS) is 15.3. The number of nitro groups is 1. The van der Waals surface area contributed by atoms with Gasteiger partial charge in [0, 0.05) is 33.0 Å². The largest absolute Gasteiger partial charge is 0.493 e. The Hall–Kier alpha value is -6.90. The van der Waals surface area contributed by atoms with E-state index in [4.69, 9.17) is 34.8 Å². The molecule has 1 unspecified atom stereocenters. The first kappa shape index (κ1) is 35.5. The Bertz CT molecular complexity index is 2560. The number of aliphatic imine (C=N–C) groups is 2. The van der Waals surface area contributed by atoms with E-state index in [1.54, 1.807) is 0 Å². The summed E-state index contributed by atoms with van der Waals surface area (Å²) in [5, 5.41) is 55.0. The number of carbonyl (C=O) groups is 3. The highest BCUT2D eigenvalue weighted by Gasteiger charge is 2.51. The number of Topliss-reactive ketones (excluding diaryl/α,β-unsaturated/α-hetero) is 1. The first-order valence-corrected chi connectivity index (χ1v) is 16.2. The quantitative estimate of drug-likeness (QED) is 0.0716. The van der Waals surface area contributed by atoms with Gasteiger partial charge in [-0.15, -0.1) is 20.5 Å². The first-order valence-electron chi connectivity index (χ1n) is 15.0. The lowest BCUT2D eigenvalue weighted by molar-refractivity contribution is -0.384. The van der Waals surface area contributed by atoms with Crippen molar-refractivity contribution in [1.29, 1.82) is 0 Å². The third-order valence-electron chi connectivity index (χ3n) is 7.92. The van der Waals surface area contributed by atoms with Gasteiger partial charge in [-0.2, -0.15) is 15.0 Å². The van der Waals surface area contributed by atoms with Crippen LogP contribution in [-0.4, -0.2) is 64.0 Å². The number of aromatic nitrogens is 4. The lowest BCUT2D eigenvalue weighted by atomic mass is 9.78. The van der Waals surface area contributed by atoms with Crippen LogP contribution in [0.15, 0.2) is 97.2 Å². The van der Waals surface area contributed by atoms with Gasteiger partial charge in [0.2, 0.25) is 11.7 Å². The molecule has 2 aromatic heterocycles. The van der Waals surface area contributed by atoms with Crippen molar-refractivity contribution in [2.24, 2.45) is 30.4 Å². The van der Waals surface area contributed by atoms with Crippen molar-refractivity contribution in [3.8, 4) is 11.8 Å². The Morgan fingerprint density at radius 2 is 1.35 bits per heavy atom. The number of carbonyl (C=O) groups excluding carboxylic acids is 3. The van der Waals surface area contributed by atoms with Crippen LogP contribution in [0.4, 0.5) is 38.4 Å². The highest BCUT2D eigenvalue weighted by atomic mass is 35.5. The van der Waals surface area contributed by atoms with E-state index in [0.29, 0.717) is 21.4 Å². The molecule has 54 heavy (non-hydrogen) atoms. The van der Waals surface area contributed by atoms with E-state index in [0.717, 1.165) is 15.2 Å². The van der Waals surface area contributed by atoms with E-state index in [1.165, 1.54) is 67.6 Å². The number of urea groups is 2. The number of benzene rings is 3. The fourth-order valence-electron chi connectivity index (χ4n) is 5.39. The maximum absolute atomic E-state index is 14.8. The summed E-state index contributed by atoms with van der Waals surface area (Å²) < 4.78 is 1.79. The minimum absolute atomic E-state index is 0.309. The van der Waals surface area contributed by atoms with Crippen LogP contribution in [0.25, 0.3) is 0 Å². The fourth-order valence-corrected chi connectivity index (χ4v) is 5.92. The maximum Gasteiger partial charge on any atom is 0.348 e. The number of halogens is 3. The van der Waals surface area contributed by atoms with Crippen molar-refractivity contribution in [1.82, 2.24) is 19.1 Å². The molecule has 0 spiro atoms. The average molecular weight is 791 g/mol. The molecule has 2 aliphatic heterocycles. The van der Waals surface area contributed by atoms with E-state index < -0.39 is 79.7 Å². The standard InChI is InChI=1S/C31H18Cl3N13O7/c1-31(21(48)17-3-2-4-18(19(17)34)47(53)54,20-24(50)46-26(37-20)43-44-28(46)40-30(52)36-16-11-7-14(33)8-12-16)25-38-23(49)22-41-42-27(45(22)25)39-29(51)35-15-9-5-13(32)6-10-15/h2-12,49-50H,1H3,(H,35,51)(H,36,52)/b39-27+,40-28-. The summed E-state index contributed by atoms with van der Waals surface area (Å²) in [4.78, 5) is 67.8. The third kappa shape index (κ3) is 6.18. The lowest BCUT2D eigenvalue weighted by Crippen LogP contribution is -2.39. The van der Waals surface area contributed by atoms with Crippen molar-refractivity contribution in [3.63, 3.8) is 0 Å². The van der Waals surface area contributed by atoms with Crippen LogP contribution in [0.1, 0.15) is 28.8 Å². The number of nitrogens with one attached hydrogen (secondary N) is 2. The predicted octanol–water partition coefficient (Wildman–Crippen LogP) is 7.62. The van der Waals surface area contributed by atoms with Gasteiger partial charge in [0.15, 0.2) is 5.78 Å². The minimum atomic E-state index is -2.38. The van der Waals surface area contributed by atoms with E-state index in [2.05, 4.69) is 51.0 Å². The van der Waals surface area contributed by atoms with Gasteiger partial charge in [-0.3, -0.25) is 14.9 Å². The van der Waals surface area contributed by atoms with Crippen LogP contribution < -0.4 is 10.6 Å². The summed E-state index contributed by atoms with van der Waals surface area (Å²) >= 11 is 18.2. The predicted molar refractivity (Wildman–Crippen MR) is 192 cm³/mol. The molecule has 0 saturated heterocycles. The number of nitrogens with zero attached hydrogens (tertiary/aromatic N) is 11. The molecule has 2 aliphatic rings. The number of rotatable bonds is 7. The van der Waals surface area contributed by atoms with Gasteiger partial charge < -0.3 is 20.8 Å². The van der Waals surface area contributed by atoms with Crippen LogP contribution in [0.5, 0.6) is 11.8 Å². The molecule has 4 N–H and O–H groups in total. The first-order chi connectivity index (χ1) is 25.8. The van der Waals surface area contributed by atoms with Crippen molar-refractivity contribution in [2.75, 3.05) is 10.6 Å². The SMILES string of the molecule is CC(C(=O)c1cccc([N+](=O)[O-])c1Cl)(c1nc2n(c1O)/C(=N\C(=O)Nc1ccc(Cl)cc1)N=N2)c1nc(O)c2n1/C(=N/C(=O)Nc1ccc(Cl)cc1)N=N2. The molecule has 23 heteroatoms. The maximum atomic E-state index is 14.8. The molecule has 0 bridgehead atoms. The van der Waals surface area contributed by atoms with Gasteiger partial charge in [-0.1, -0.05) is 40.9 Å². The van der Waals surface area contributed by atoms with Crippen molar-refractivity contribution in [3.05, 3.63) is 109 Å². The van der Waals surface area contributed by atoms with Crippen LogP contribution in [0.2, 0.25) is 15.1 Å². The van der Waals surface area contributed by atoms with E-state index in [9.17, 15) is 34.7 Å². The number of hydrogen-bond acceptors (Lipinski definition) is 11. The third-order valence-corrected chi connectivity index (χ3v) is 8.82. The minimum Gasteiger partial charge on any atom is -0.493 e. The molecular weight excluding hydrogens is 773 g/mol. The molecule has 0 fully saturated rings. The van der Waals surface area contributed by atoms with E-state index in [1.807, 2.05) is 0 Å². The number of anilines is 2. The van der Waals surface area contributed by atoms with Crippen molar-refractivity contribution in [2.45, 2.75) is 12.3 Å². The number of fused-ring (bicyclic) bond motifs is 2. The van der Waals surface area contributed by atoms with Gasteiger partial charge >= 0.3 is 12.1 Å². The van der Waals surface area contributed by atoms with Gasteiger partial charge in [0.05, 0.1) is 4.92 Å². The van der Waals surface area contributed by atoms with E-state index >= 15 is 0 Å². The highest BCUT2D eigenvalue weighted by Crippen LogP contribution is 2.47. The summed E-state index contributed by atoms with van der Waals surface area (Å²) in [6.45, 7) is 1.20. The molecule has 0 radical (unpaired) electrons. The lowest BCUT2D eigenvalue weighted by Gasteiger charge is -2.26. The van der Waals surface area contributed by atoms with Gasteiger partial charge in [0.1, 0.15) is 22.0 Å². The van der Waals surface area contributed by atoms with Gasteiger partial charge in [-0.05, 0) is 61.5 Å². The molecule has 1 atom stereocenters. The molecule has 4 heterocycles. The zero-order valence-corrected chi connectivity index (χ0v) is 29.1. The van der Waals surface area contributed by atoms with Crippen molar-refractivity contribution >= 4 is 93.4 Å². The van der Waals surface area contributed by atoms with E-state index in [-0.39, 0.29) is 11.8 Å². The van der Waals surface area contributed by atoms with Crippen LogP contribution in [0.3, 0.4) is 0 Å². The summed E-state index contributed by atoms with van der Waals surface area (Å²) in [6.07, 6.45) is 0. The number of nitro benzene ring substituents is 1. The average Bonchev–Trinajstić information content (AvgIpc) is 3.90. The molecule has 4 amide bonds. The summed E-state index contributed by atoms with van der Waals surface area (Å²) in [6, 6.07) is 13.7. The van der Waals surface area contributed by atoms with Crippen LogP contribution >= 0.6 is 34.8 Å². The zero-order valence-electron chi connectivity index (χ0n) is 26.8. The van der Waals surface area contributed by atoms with Crippen LogP contribution in [-0.2, 0) is 5.41 Å². The topological polar surface area (TPSA) is 269 Å². The number of aromatic hydroxyl groups is 2. The smallest absolute Gasteiger partial charge is 0.348 e. The summed E-state index contributed by atoms with van der Waals surface area (Å²) in [7, 11) is 0. The second kappa shape index (κ2) is 13.6. The second-order valence-electron chi connectivity index (χ2n) is 11.3.